The van der Waals surface area contributed by atoms with E-state index in [0.717, 1.165) is 26.2 Å². The van der Waals surface area contributed by atoms with Gasteiger partial charge in [-0.3, -0.25) is 4.90 Å². The topological polar surface area (TPSA) is 44.7 Å². The third kappa shape index (κ3) is 2.63. The highest BCUT2D eigenvalue weighted by atomic mass is 19.1. The van der Waals surface area contributed by atoms with Crippen LogP contribution in [0.1, 0.15) is 11.6 Å². The molecule has 0 bridgehead atoms. The monoisotopic (exact) mass is 254 g/mol. The second-order valence-corrected chi connectivity index (χ2v) is 4.35. The van der Waals surface area contributed by atoms with Gasteiger partial charge in [0.15, 0.2) is 11.6 Å². The SMILES string of the molecule is COc1cccc([C@@H](CO)N2CCNCC2)c1F. The van der Waals surface area contributed by atoms with Crippen molar-refractivity contribution in [1.29, 1.82) is 0 Å². The van der Waals surface area contributed by atoms with Gasteiger partial charge in [0.25, 0.3) is 0 Å². The molecule has 1 aliphatic heterocycles. The van der Waals surface area contributed by atoms with Gasteiger partial charge in [-0.2, -0.15) is 0 Å². The molecule has 5 heteroatoms. The Hall–Kier alpha value is -1.17. The van der Waals surface area contributed by atoms with Gasteiger partial charge in [0, 0.05) is 31.7 Å². The zero-order valence-corrected chi connectivity index (χ0v) is 10.5. The highest BCUT2D eigenvalue weighted by Gasteiger charge is 2.25. The van der Waals surface area contributed by atoms with Crippen LogP contribution in [0.25, 0.3) is 0 Å². The predicted molar refractivity (Wildman–Crippen MR) is 67.2 cm³/mol. The van der Waals surface area contributed by atoms with E-state index in [1.54, 1.807) is 18.2 Å². The van der Waals surface area contributed by atoms with E-state index in [1.165, 1.54) is 7.11 Å². The molecule has 0 unspecified atom stereocenters. The molecule has 4 nitrogen and oxygen atoms in total. The van der Waals surface area contributed by atoms with Gasteiger partial charge < -0.3 is 15.2 Å². The Morgan fingerprint density at radius 2 is 2.17 bits per heavy atom. The van der Waals surface area contributed by atoms with E-state index < -0.39 is 0 Å². The van der Waals surface area contributed by atoms with Gasteiger partial charge >= 0.3 is 0 Å². The maximum absolute atomic E-state index is 14.2. The standard InChI is InChI=1S/C13H19FN2O2/c1-18-12-4-2-3-10(13(12)14)11(9-17)16-7-5-15-6-8-16/h2-4,11,15,17H,5-9H2,1H3/t11-/m1/s1. The third-order valence-electron chi connectivity index (χ3n) is 3.34. The average Bonchev–Trinajstić information content (AvgIpc) is 2.43. The number of methoxy groups -OCH3 is 1. The first-order valence-corrected chi connectivity index (χ1v) is 6.16. The first-order valence-electron chi connectivity index (χ1n) is 6.16. The van der Waals surface area contributed by atoms with Gasteiger partial charge in [-0.15, -0.1) is 0 Å². The lowest BCUT2D eigenvalue weighted by molar-refractivity contribution is 0.108. The lowest BCUT2D eigenvalue weighted by Crippen LogP contribution is -2.46. The highest BCUT2D eigenvalue weighted by molar-refractivity contribution is 5.33. The molecule has 1 heterocycles. The summed E-state index contributed by atoms with van der Waals surface area (Å²) in [5.41, 5.74) is 0.499. The van der Waals surface area contributed by atoms with Crippen molar-refractivity contribution in [2.24, 2.45) is 0 Å². The molecule has 1 atom stereocenters. The van der Waals surface area contributed by atoms with Crippen LogP contribution >= 0.6 is 0 Å². The fourth-order valence-electron chi connectivity index (χ4n) is 2.35. The number of nitrogens with zero attached hydrogens (tertiary/aromatic N) is 1. The quantitative estimate of drug-likeness (QED) is 0.833. The molecule has 100 valence electrons. The van der Waals surface area contributed by atoms with Gasteiger partial charge in [0.05, 0.1) is 19.8 Å². The molecule has 18 heavy (non-hydrogen) atoms. The number of nitrogens with one attached hydrogen (secondary N) is 1. The molecule has 0 saturated carbocycles. The van der Waals surface area contributed by atoms with E-state index in [-0.39, 0.29) is 24.2 Å². The molecule has 1 saturated heterocycles. The first-order chi connectivity index (χ1) is 8.77. The Morgan fingerprint density at radius 1 is 1.44 bits per heavy atom. The zero-order valence-electron chi connectivity index (χ0n) is 10.5. The van der Waals surface area contributed by atoms with E-state index >= 15 is 0 Å². The molecule has 0 aliphatic carbocycles. The van der Waals surface area contributed by atoms with E-state index in [4.69, 9.17) is 4.74 Å². The molecule has 1 aliphatic rings. The smallest absolute Gasteiger partial charge is 0.169 e. The van der Waals surface area contributed by atoms with E-state index in [1.807, 2.05) is 0 Å². The molecule has 1 aromatic carbocycles. The molecular weight excluding hydrogens is 235 g/mol. The zero-order chi connectivity index (χ0) is 13.0. The molecular formula is C13H19FN2O2. The second kappa shape index (κ2) is 6.13. The summed E-state index contributed by atoms with van der Waals surface area (Å²) in [4.78, 5) is 2.09. The van der Waals surface area contributed by atoms with Crippen LogP contribution in [-0.4, -0.2) is 49.9 Å². The largest absolute Gasteiger partial charge is 0.494 e. The van der Waals surface area contributed by atoms with Crippen molar-refractivity contribution in [1.82, 2.24) is 10.2 Å². The molecule has 2 N–H and O–H groups in total. The van der Waals surface area contributed by atoms with Crippen molar-refractivity contribution in [2.45, 2.75) is 6.04 Å². The molecule has 0 amide bonds. The number of hydrogen-bond acceptors (Lipinski definition) is 4. The average molecular weight is 254 g/mol. The fourth-order valence-corrected chi connectivity index (χ4v) is 2.35. The first kappa shape index (κ1) is 13.3. The number of halogens is 1. The normalized spacial score (nSPS) is 18.6. The predicted octanol–water partition coefficient (Wildman–Crippen LogP) is 0.773. The van der Waals surface area contributed by atoms with Crippen LogP contribution in [0, 0.1) is 5.82 Å². The molecule has 0 spiro atoms. The molecule has 0 radical (unpaired) electrons. The minimum absolute atomic E-state index is 0.0932. The Morgan fingerprint density at radius 3 is 2.78 bits per heavy atom. The van der Waals surface area contributed by atoms with Crippen LogP contribution in [0.2, 0.25) is 0 Å². The molecule has 1 aromatic rings. The summed E-state index contributed by atoms with van der Waals surface area (Å²) in [6.07, 6.45) is 0. The summed E-state index contributed by atoms with van der Waals surface area (Å²) >= 11 is 0. The van der Waals surface area contributed by atoms with Crippen LogP contribution < -0.4 is 10.1 Å². The van der Waals surface area contributed by atoms with E-state index in [0.29, 0.717) is 5.56 Å². The lowest BCUT2D eigenvalue weighted by Gasteiger charge is -2.34. The number of piperazine rings is 1. The summed E-state index contributed by atoms with van der Waals surface area (Å²) in [5.74, 6) is -0.154. The number of benzene rings is 1. The summed E-state index contributed by atoms with van der Waals surface area (Å²) in [5, 5.41) is 12.8. The van der Waals surface area contributed by atoms with Crippen molar-refractivity contribution >= 4 is 0 Å². The number of aliphatic hydroxyl groups excluding tert-OH is 1. The minimum Gasteiger partial charge on any atom is -0.494 e. The van der Waals surface area contributed by atoms with Gasteiger partial charge in [-0.25, -0.2) is 4.39 Å². The molecule has 0 aromatic heterocycles. The van der Waals surface area contributed by atoms with Gasteiger partial charge in [-0.1, -0.05) is 12.1 Å². The highest BCUT2D eigenvalue weighted by Crippen LogP contribution is 2.28. The Bertz CT molecular complexity index is 395. The van der Waals surface area contributed by atoms with Crippen molar-refractivity contribution in [3.05, 3.63) is 29.6 Å². The van der Waals surface area contributed by atoms with Crippen molar-refractivity contribution in [3.63, 3.8) is 0 Å². The molecule has 1 fully saturated rings. The maximum atomic E-state index is 14.2. The summed E-state index contributed by atoms with van der Waals surface area (Å²) in [6, 6.07) is 4.75. The Kier molecular flexibility index (Phi) is 4.52. The Balaban J connectivity index is 2.26. The van der Waals surface area contributed by atoms with Crippen LogP contribution in [-0.2, 0) is 0 Å². The Labute approximate surface area is 106 Å². The van der Waals surface area contributed by atoms with Crippen LogP contribution in [0.4, 0.5) is 4.39 Å². The fraction of sp³-hybridized carbons (Fsp3) is 0.538. The number of ether oxygens (including phenoxy) is 1. The van der Waals surface area contributed by atoms with E-state index in [9.17, 15) is 9.50 Å². The third-order valence-corrected chi connectivity index (χ3v) is 3.34. The summed E-state index contributed by atoms with van der Waals surface area (Å²) in [7, 11) is 1.45. The van der Waals surface area contributed by atoms with Gasteiger partial charge in [-0.05, 0) is 6.07 Å². The van der Waals surface area contributed by atoms with Gasteiger partial charge in [0.1, 0.15) is 0 Å². The lowest BCUT2D eigenvalue weighted by atomic mass is 10.0. The van der Waals surface area contributed by atoms with E-state index in [2.05, 4.69) is 10.2 Å². The maximum Gasteiger partial charge on any atom is 0.169 e. The molecule has 2 rings (SSSR count). The number of rotatable bonds is 4. The van der Waals surface area contributed by atoms with Crippen molar-refractivity contribution in [2.75, 3.05) is 39.9 Å². The van der Waals surface area contributed by atoms with Gasteiger partial charge in [0.2, 0.25) is 0 Å². The number of hydrogen-bond donors (Lipinski definition) is 2. The minimum atomic E-state index is -0.377. The second-order valence-electron chi connectivity index (χ2n) is 4.35. The summed E-state index contributed by atoms with van der Waals surface area (Å²) in [6.45, 7) is 3.25. The van der Waals surface area contributed by atoms with Crippen LogP contribution in [0.5, 0.6) is 5.75 Å². The number of aliphatic hydroxyl groups is 1. The van der Waals surface area contributed by atoms with Crippen LogP contribution in [0.15, 0.2) is 18.2 Å². The summed E-state index contributed by atoms with van der Waals surface area (Å²) < 4.78 is 19.2. The van der Waals surface area contributed by atoms with Crippen molar-refractivity contribution < 1.29 is 14.2 Å². The van der Waals surface area contributed by atoms with Crippen molar-refractivity contribution in [3.8, 4) is 5.75 Å². The van der Waals surface area contributed by atoms with Crippen LogP contribution in [0.3, 0.4) is 0 Å².